The summed E-state index contributed by atoms with van der Waals surface area (Å²) in [5, 5.41) is 0.466. The van der Waals surface area contributed by atoms with Gasteiger partial charge in [-0.3, -0.25) is 0 Å². The van der Waals surface area contributed by atoms with Gasteiger partial charge in [0, 0.05) is 12.3 Å². The van der Waals surface area contributed by atoms with E-state index in [0.717, 1.165) is 11.1 Å². The van der Waals surface area contributed by atoms with Crippen LogP contribution in [0.4, 0.5) is 4.39 Å². The second kappa shape index (κ2) is 5.94. The molecule has 104 valence electrons. The normalized spacial score (nSPS) is 10.4. The van der Waals surface area contributed by atoms with Crippen molar-refractivity contribution in [1.29, 1.82) is 0 Å². The Hall–Kier alpha value is -2.39. The summed E-state index contributed by atoms with van der Waals surface area (Å²) >= 11 is 6.23. The molecule has 1 aromatic heterocycles. The smallest absolute Gasteiger partial charge is 0.216 e. The first-order valence-electron chi connectivity index (χ1n) is 6.37. The molecule has 2 aromatic carbocycles. The molecule has 0 aliphatic rings. The minimum Gasteiger partial charge on any atom is -0.456 e. The molecule has 0 unspecified atom stereocenters. The second-order valence-electron chi connectivity index (χ2n) is 4.43. The Labute approximate surface area is 126 Å². The molecule has 0 aliphatic carbocycles. The number of ether oxygens (including phenoxy) is 1. The van der Waals surface area contributed by atoms with Gasteiger partial charge in [0.25, 0.3) is 0 Å². The lowest BCUT2D eigenvalue weighted by Crippen LogP contribution is -1.88. The highest BCUT2D eigenvalue weighted by molar-refractivity contribution is 6.32. The minimum absolute atomic E-state index is 0.358. The Balaban J connectivity index is 1.88. The predicted molar refractivity (Wildman–Crippen MR) is 81.2 cm³/mol. The molecular weight excluding hydrogens is 289 g/mol. The number of nitrogens with zero attached hydrogens (tertiary/aromatic N) is 1. The number of hydrogen-bond donors (Lipinski definition) is 0. The molecule has 0 fully saturated rings. The zero-order valence-corrected chi connectivity index (χ0v) is 11.7. The highest BCUT2D eigenvalue weighted by Gasteiger charge is 2.06. The average molecular weight is 300 g/mol. The van der Waals surface area contributed by atoms with Crippen molar-refractivity contribution in [3.8, 4) is 22.6 Å². The van der Waals surface area contributed by atoms with Crippen LogP contribution in [-0.4, -0.2) is 4.98 Å². The third-order valence-electron chi connectivity index (χ3n) is 2.96. The number of hydrogen-bond acceptors (Lipinski definition) is 2. The molecule has 0 bridgehead atoms. The molecule has 3 aromatic rings. The Kier molecular flexibility index (Phi) is 3.84. The molecule has 1 heterocycles. The Morgan fingerprint density at radius 1 is 0.905 bits per heavy atom. The van der Waals surface area contributed by atoms with E-state index in [1.807, 2.05) is 42.5 Å². The first-order valence-corrected chi connectivity index (χ1v) is 6.74. The molecule has 2 nitrogen and oxygen atoms in total. The van der Waals surface area contributed by atoms with Crippen molar-refractivity contribution in [1.82, 2.24) is 4.98 Å². The lowest BCUT2D eigenvalue weighted by Gasteiger charge is -2.09. The Morgan fingerprint density at radius 3 is 2.43 bits per heavy atom. The van der Waals surface area contributed by atoms with Gasteiger partial charge in [-0.25, -0.2) is 4.98 Å². The van der Waals surface area contributed by atoms with Crippen molar-refractivity contribution < 1.29 is 9.13 Å². The summed E-state index contributed by atoms with van der Waals surface area (Å²) in [7, 11) is 0. The summed E-state index contributed by atoms with van der Waals surface area (Å²) < 4.78 is 18.6. The average Bonchev–Trinajstić information content (AvgIpc) is 2.50. The van der Waals surface area contributed by atoms with E-state index in [-0.39, 0.29) is 0 Å². The fraction of sp³-hybridized carbons (Fsp3) is 0. The van der Waals surface area contributed by atoms with Gasteiger partial charge in [0.1, 0.15) is 11.5 Å². The quantitative estimate of drug-likeness (QED) is 0.610. The predicted octanol–water partition coefficient (Wildman–Crippen LogP) is 5.33. The fourth-order valence-electron chi connectivity index (χ4n) is 1.97. The zero-order chi connectivity index (χ0) is 14.7. The van der Waals surface area contributed by atoms with Gasteiger partial charge in [-0.05, 0) is 29.3 Å². The maximum Gasteiger partial charge on any atom is 0.216 e. The molecule has 0 saturated carbocycles. The third kappa shape index (κ3) is 3.20. The van der Waals surface area contributed by atoms with E-state index in [2.05, 4.69) is 4.98 Å². The van der Waals surface area contributed by atoms with Gasteiger partial charge < -0.3 is 4.74 Å². The monoisotopic (exact) mass is 299 g/mol. The van der Waals surface area contributed by atoms with Gasteiger partial charge in [-0.1, -0.05) is 48.0 Å². The van der Waals surface area contributed by atoms with Crippen molar-refractivity contribution in [2.45, 2.75) is 0 Å². The maximum atomic E-state index is 13.0. The summed E-state index contributed by atoms with van der Waals surface area (Å²) in [5.74, 6) is 0.239. The van der Waals surface area contributed by atoms with Crippen molar-refractivity contribution in [2.75, 3.05) is 0 Å². The molecule has 0 saturated heterocycles. The number of aromatic nitrogens is 1. The zero-order valence-electron chi connectivity index (χ0n) is 11.0. The molecule has 0 N–H and O–H groups in total. The second-order valence-corrected chi connectivity index (χ2v) is 4.83. The van der Waals surface area contributed by atoms with E-state index in [4.69, 9.17) is 16.3 Å². The van der Waals surface area contributed by atoms with Crippen LogP contribution in [0.1, 0.15) is 0 Å². The molecule has 0 spiro atoms. The van der Waals surface area contributed by atoms with Gasteiger partial charge in [-0.2, -0.15) is 4.39 Å². The van der Waals surface area contributed by atoms with Crippen LogP contribution in [0, 0.1) is 5.95 Å². The number of halogens is 2. The summed E-state index contributed by atoms with van der Waals surface area (Å²) in [5.41, 5.74) is 2.06. The van der Waals surface area contributed by atoms with Gasteiger partial charge in [-0.15, -0.1) is 0 Å². The van der Waals surface area contributed by atoms with Crippen molar-refractivity contribution in [2.24, 2.45) is 0 Å². The molecule has 21 heavy (non-hydrogen) atoms. The number of benzene rings is 2. The van der Waals surface area contributed by atoms with Crippen molar-refractivity contribution in [3.63, 3.8) is 0 Å². The molecule has 3 rings (SSSR count). The molecular formula is C17H11ClFNO. The highest BCUT2D eigenvalue weighted by Crippen LogP contribution is 2.33. The van der Waals surface area contributed by atoms with Crippen LogP contribution in [-0.2, 0) is 0 Å². The molecule has 4 heteroatoms. The van der Waals surface area contributed by atoms with E-state index in [1.165, 1.54) is 12.3 Å². The van der Waals surface area contributed by atoms with Crippen LogP contribution in [0.5, 0.6) is 11.5 Å². The highest BCUT2D eigenvalue weighted by atomic mass is 35.5. The fourth-order valence-corrected chi connectivity index (χ4v) is 2.19. The van der Waals surface area contributed by atoms with Crippen molar-refractivity contribution >= 4 is 11.6 Å². The van der Waals surface area contributed by atoms with Crippen LogP contribution in [0.3, 0.4) is 0 Å². The summed E-state index contributed by atoms with van der Waals surface area (Å²) in [6.45, 7) is 0. The summed E-state index contributed by atoms with van der Waals surface area (Å²) in [4.78, 5) is 3.48. The lowest BCUT2D eigenvalue weighted by atomic mass is 10.1. The van der Waals surface area contributed by atoms with Gasteiger partial charge >= 0.3 is 0 Å². The van der Waals surface area contributed by atoms with Gasteiger partial charge in [0.2, 0.25) is 5.95 Å². The first-order chi connectivity index (χ1) is 10.2. The standard InChI is InChI=1S/C17H11ClFNO/c18-15-10-13(12-4-2-1-3-5-12)6-7-16(15)21-14-8-9-20-17(19)11-14/h1-11H. The van der Waals surface area contributed by atoms with E-state index in [9.17, 15) is 4.39 Å². The Morgan fingerprint density at radius 2 is 1.71 bits per heavy atom. The molecule has 0 atom stereocenters. The summed E-state index contributed by atoms with van der Waals surface area (Å²) in [6.07, 6.45) is 1.34. The van der Waals surface area contributed by atoms with Crippen LogP contribution in [0.15, 0.2) is 66.9 Å². The van der Waals surface area contributed by atoms with E-state index >= 15 is 0 Å². The van der Waals surface area contributed by atoms with E-state index < -0.39 is 5.95 Å². The minimum atomic E-state index is -0.593. The number of rotatable bonds is 3. The summed E-state index contributed by atoms with van der Waals surface area (Å²) in [6, 6.07) is 18.2. The lowest BCUT2D eigenvalue weighted by molar-refractivity contribution is 0.472. The van der Waals surface area contributed by atoms with Gasteiger partial charge in [0.05, 0.1) is 5.02 Å². The van der Waals surface area contributed by atoms with Crippen LogP contribution in [0.25, 0.3) is 11.1 Å². The number of pyridine rings is 1. The molecule has 0 aliphatic heterocycles. The Bertz CT molecular complexity index is 762. The van der Waals surface area contributed by atoms with E-state index in [1.54, 1.807) is 12.1 Å². The van der Waals surface area contributed by atoms with Crippen molar-refractivity contribution in [3.05, 3.63) is 77.8 Å². The topological polar surface area (TPSA) is 22.1 Å². The largest absolute Gasteiger partial charge is 0.456 e. The molecule has 0 amide bonds. The van der Waals surface area contributed by atoms with Crippen LogP contribution >= 0.6 is 11.6 Å². The van der Waals surface area contributed by atoms with Crippen LogP contribution < -0.4 is 4.74 Å². The van der Waals surface area contributed by atoms with E-state index in [0.29, 0.717) is 16.5 Å². The maximum absolute atomic E-state index is 13.0. The SMILES string of the molecule is Fc1cc(Oc2ccc(-c3ccccc3)cc2Cl)ccn1. The van der Waals surface area contributed by atoms with Gasteiger partial charge in [0.15, 0.2) is 0 Å². The molecule has 0 radical (unpaired) electrons. The third-order valence-corrected chi connectivity index (χ3v) is 3.26. The first kappa shape index (κ1) is 13.6. The van der Waals surface area contributed by atoms with Crippen LogP contribution in [0.2, 0.25) is 5.02 Å².